The molecule has 0 saturated heterocycles. The minimum atomic E-state index is -1.14. The molecule has 0 radical (unpaired) electrons. The Balaban J connectivity index is 4.19. The maximum absolute atomic E-state index is 11.5. The Morgan fingerprint density at radius 3 is 2.44 bits per heavy atom. The number of aliphatic carboxylic acids is 1. The summed E-state index contributed by atoms with van der Waals surface area (Å²) in [6, 6.07) is 0. The molecule has 5 heteroatoms. The molecule has 0 saturated carbocycles. The predicted molar refractivity (Wildman–Crippen MR) is 62.0 cm³/mol. The lowest BCUT2D eigenvalue weighted by Crippen LogP contribution is -2.52. The van der Waals surface area contributed by atoms with Crippen LogP contribution in [0, 0.1) is 0 Å². The zero-order valence-corrected chi connectivity index (χ0v) is 10.1. The lowest BCUT2D eigenvalue weighted by molar-refractivity contribution is -0.147. The van der Waals surface area contributed by atoms with Crippen molar-refractivity contribution in [3.05, 3.63) is 0 Å². The fourth-order valence-electron chi connectivity index (χ4n) is 1.52. The van der Waals surface area contributed by atoms with Crippen LogP contribution in [0.5, 0.6) is 0 Å². The highest BCUT2D eigenvalue weighted by Crippen LogP contribution is 2.13. The third-order valence-corrected chi connectivity index (χ3v) is 2.50. The van der Waals surface area contributed by atoms with E-state index in [1.165, 1.54) is 0 Å². The van der Waals surface area contributed by atoms with Crippen molar-refractivity contribution in [3.63, 3.8) is 0 Å². The van der Waals surface area contributed by atoms with Gasteiger partial charge in [-0.3, -0.25) is 4.79 Å². The van der Waals surface area contributed by atoms with Gasteiger partial charge in [0.25, 0.3) is 0 Å². The Morgan fingerprint density at radius 2 is 2.00 bits per heavy atom. The maximum atomic E-state index is 11.5. The van der Waals surface area contributed by atoms with Gasteiger partial charge < -0.3 is 16.2 Å². The molecule has 0 aliphatic rings. The van der Waals surface area contributed by atoms with Crippen molar-refractivity contribution < 1.29 is 14.7 Å². The van der Waals surface area contributed by atoms with Crippen molar-refractivity contribution in [1.82, 2.24) is 5.32 Å². The standard InChI is InChI=1S/C11H22N2O3/c1-3-7-11(2,10(15)16)13-9(14)6-4-5-8-12/h3-8,12H2,1-2H3,(H,13,14)(H,15,16). The predicted octanol–water partition coefficient (Wildman–Crippen LogP) is 0.875. The average Bonchev–Trinajstić information content (AvgIpc) is 2.18. The van der Waals surface area contributed by atoms with Crippen LogP contribution in [-0.4, -0.2) is 29.1 Å². The lowest BCUT2D eigenvalue weighted by atomic mass is 9.96. The van der Waals surface area contributed by atoms with Crippen LogP contribution >= 0.6 is 0 Å². The van der Waals surface area contributed by atoms with Crippen molar-refractivity contribution in [2.45, 2.75) is 51.5 Å². The topological polar surface area (TPSA) is 92.4 Å². The van der Waals surface area contributed by atoms with Gasteiger partial charge in [-0.1, -0.05) is 13.3 Å². The second-order valence-corrected chi connectivity index (χ2v) is 4.18. The van der Waals surface area contributed by atoms with E-state index in [1.807, 2.05) is 6.92 Å². The number of hydrogen-bond acceptors (Lipinski definition) is 3. The molecule has 0 heterocycles. The molecule has 0 aromatic carbocycles. The van der Waals surface area contributed by atoms with Crippen LogP contribution in [0.25, 0.3) is 0 Å². The quantitative estimate of drug-likeness (QED) is 0.539. The molecule has 1 amide bonds. The van der Waals surface area contributed by atoms with Gasteiger partial charge in [-0.15, -0.1) is 0 Å². The first-order chi connectivity index (χ1) is 7.46. The number of carboxylic acid groups (broad SMARTS) is 1. The highest BCUT2D eigenvalue weighted by Gasteiger charge is 2.33. The fraction of sp³-hybridized carbons (Fsp3) is 0.818. The smallest absolute Gasteiger partial charge is 0.329 e. The minimum Gasteiger partial charge on any atom is -0.480 e. The number of nitrogens with one attached hydrogen (secondary N) is 1. The Bertz CT molecular complexity index is 243. The molecule has 0 rings (SSSR count). The molecule has 0 fully saturated rings. The molecular formula is C11H22N2O3. The van der Waals surface area contributed by atoms with Gasteiger partial charge in [-0.25, -0.2) is 4.79 Å². The molecule has 94 valence electrons. The van der Waals surface area contributed by atoms with E-state index in [4.69, 9.17) is 10.8 Å². The second kappa shape index (κ2) is 7.22. The minimum absolute atomic E-state index is 0.216. The van der Waals surface area contributed by atoms with Crippen molar-refractivity contribution in [2.24, 2.45) is 5.73 Å². The fourth-order valence-corrected chi connectivity index (χ4v) is 1.52. The van der Waals surface area contributed by atoms with Crippen LogP contribution in [0.15, 0.2) is 0 Å². The van der Waals surface area contributed by atoms with Gasteiger partial charge in [-0.05, 0) is 32.7 Å². The number of rotatable bonds is 8. The van der Waals surface area contributed by atoms with Gasteiger partial charge in [0, 0.05) is 6.42 Å². The number of nitrogens with two attached hydrogens (primary N) is 1. The van der Waals surface area contributed by atoms with Crippen LogP contribution in [0.4, 0.5) is 0 Å². The highest BCUT2D eigenvalue weighted by atomic mass is 16.4. The monoisotopic (exact) mass is 230 g/mol. The lowest BCUT2D eigenvalue weighted by Gasteiger charge is -2.25. The number of carboxylic acids is 1. The van der Waals surface area contributed by atoms with E-state index in [1.54, 1.807) is 6.92 Å². The molecule has 16 heavy (non-hydrogen) atoms. The number of amides is 1. The van der Waals surface area contributed by atoms with Gasteiger partial charge in [0.15, 0.2) is 0 Å². The number of unbranched alkanes of at least 4 members (excludes halogenated alkanes) is 1. The van der Waals surface area contributed by atoms with E-state index in [9.17, 15) is 9.59 Å². The van der Waals surface area contributed by atoms with E-state index in [0.29, 0.717) is 32.2 Å². The van der Waals surface area contributed by atoms with E-state index >= 15 is 0 Å². The molecule has 0 aromatic heterocycles. The molecular weight excluding hydrogens is 208 g/mol. The summed E-state index contributed by atoms with van der Waals surface area (Å²) < 4.78 is 0. The van der Waals surface area contributed by atoms with Crippen molar-refractivity contribution in [3.8, 4) is 0 Å². The third-order valence-electron chi connectivity index (χ3n) is 2.50. The number of carbonyl (C=O) groups excluding carboxylic acids is 1. The first-order valence-corrected chi connectivity index (χ1v) is 5.70. The maximum Gasteiger partial charge on any atom is 0.329 e. The Labute approximate surface area is 96.4 Å². The summed E-state index contributed by atoms with van der Waals surface area (Å²) in [6.07, 6.45) is 2.97. The normalized spacial score (nSPS) is 14.2. The molecule has 1 atom stereocenters. The van der Waals surface area contributed by atoms with Crippen molar-refractivity contribution in [1.29, 1.82) is 0 Å². The van der Waals surface area contributed by atoms with E-state index in [0.717, 1.165) is 6.42 Å². The van der Waals surface area contributed by atoms with Crippen molar-refractivity contribution >= 4 is 11.9 Å². The summed E-state index contributed by atoms with van der Waals surface area (Å²) in [5, 5.41) is 11.6. The summed E-state index contributed by atoms with van der Waals surface area (Å²) in [5.74, 6) is -1.20. The van der Waals surface area contributed by atoms with Gasteiger partial charge in [-0.2, -0.15) is 0 Å². The Morgan fingerprint density at radius 1 is 1.38 bits per heavy atom. The molecule has 0 aliphatic heterocycles. The zero-order chi connectivity index (χ0) is 12.6. The van der Waals surface area contributed by atoms with E-state index in [-0.39, 0.29) is 5.91 Å². The SMILES string of the molecule is CCCC(C)(NC(=O)CCCCN)C(=O)O. The summed E-state index contributed by atoms with van der Waals surface area (Å²) in [6.45, 7) is 3.99. The summed E-state index contributed by atoms with van der Waals surface area (Å²) in [5.41, 5.74) is 4.17. The van der Waals surface area contributed by atoms with Gasteiger partial charge >= 0.3 is 5.97 Å². The van der Waals surface area contributed by atoms with Crippen LogP contribution in [0.1, 0.15) is 46.0 Å². The third kappa shape index (κ3) is 5.11. The largest absolute Gasteiger partial charge is 0.480 e. The Kier molecular flexibility index (Phi) is 6.72. The summed E-state index contributed by atoms with van der Waals surface area (Å²) >= 11 is 0. The van der Waals surface area contributed by atoms with Crippen LogP contribution < -0.4 is 11.1 Å². The van der Waals surface area contributed by atoms with Gasteiger partial charge in [0.05, 0.1) is 0 Å². The first kappa shape index (κ1) is 14.9. The first-order valence-electron chi connectivity index (χ1n) is 5.70. The Hall–Kier alpha value is -1.10. The molecule has 1 unspecified atom stereocenters. The average molecular weight is 230 g/mol. The van der Waals surface area contributed by atoms with Crippen molar-refractivity contribution in [2.75, 3.05) is 6.54 Å². The summed E-state index contributed by atoms with van der Waals surface area (Å²) in [4.78, 5) is 22.5. The number of carbonyl (C=O) groups is 2. The van der Waals surface area contributed by atoms with Crippen LogP contribution in [0.2, 0.25) is 0 Å². The van der Waals surface area contributed by atoms with Crippen LogP contribution in [-0.2, 0) is 9.59 Å². The highest BCUT2D eigenvalue weighted by molar-refractivity contribution is 5.86. The van der Waals surface area contributed by atoms with Crippen LogP contribution in [0.3, 0.4) is 0 Å². The molecule has 5 nitrogen and oxygen atoms in total. The molecule has 0 aromatic rings. The second-order valence-electron chi connectivity index (χ2n) is 4.18. The van der Waals surface area contributed by atoms with Gasteiger partial charge in [0.2, 0.25) is 5.91 Å². The molecule has 0 bridgehead atoms. The molecule has 4 N–H and O–H groups in total. The molecule has 0 spiro atoms. The zero-order valence-electron chi connectivity index (χ0n) is 10.1. The molecule has 0 aliphatic carbocycles. The van der Waals surface area contributed by atoms with E-state index < -0.39 is 11.5 Å². The van der Waals surface area contributed by atoms with Gasteiger partial charge in [0.1, 0.15) is 5.54 Å². The summed E-state index contributed by atoms with van der Waals surface area (Å²) in [7, 11) is 0. The number of hydrogen-bond donors (Lipinski definition) is 3. The van der Waals surface area contributed by atoms with E-state index in [2.05, 4.69) is 5.32 Å².